The van der Waals surface area contributed by atoms with Crippen molar-refractivity contribution in [2.24, 2.45) is 0 Å². The van der Waals surface area contributed by atoms with Crippen LogP contribution in [-0.4, -0.2) is 6.61 Å². The summed E-state index contributed by atoms with van der Waals surface area (Å²) in [6.07, 6.45) is 0.835. The lowest BCUT2D eigenvalue weighted by Crippen LogP contribution is -1.92. The van der Waals surface area contributed by atoms with Gasteiger partial charge in [0.2, 0.25) is 0 Å². The molecule has 0 fully saturated rings. The van der Waals surface area contributed by atoms with E-state index in [1.807, 2.05) is 19.9 Å². The fourth-order valence-electron chi connectivity index (χ4n) is 0.177. The van der Waals surface area contributed by atoms with Crippen LogP contribution in [0.25, 0.3) is 0 Å². The van der Waals surface area contributed by atoms with E-state index in [1.165, 1.54) is 0 Å². The Hall–Kier alpha value is -0.550. The Morgan fingerprint density at radius 3 is 2.43 bits per heavy atom. The summed E-state index contributed by atoms with van der Waals surface area (Å²) in [5.41, 5.74) is 0. The molecule has 0 heterocycles. The number of hydrogen-bond donors (Lipinski definition) is 0. The molecule has 0 unspecified atom stereocenters. The molecule has 1 radical (unpaired) electrons. The largest absolute Gasteiger partial charge is 0.358 e. The van der Waals surface area contributed by atoms with Crippen LogP contribution in [0, 0.1) is 17.4 Å². The number of nitrogens with zero attached hydrogens (tertiary/aromatic N) is 1. The molecule has 0 aliphatic heterocycles. The molecule has 2 nitrogen and oxygen atoms in total. The molecular weight excluding hydrogens is 90.1 g/mol. The molecule has 0 rings (SSSR count). The third-order valence-electron chi connectivity index (χ3n) is 0.425. The molecule has 7 heavy (non-hydrogen) atoms. The second-order valence-electron chi connectivity index (χ2n) is 1.36. The fourth-order valence-corrected chi connectivity index (χ4v) is 0.177. The predicted molar refractivity (Wildman–Crippen MR) is 26.2 cm³/mol. The highest BCUT2D eigenvalue weighted by Crippen LogP contribution is 1.94. The zero-order valence-corrected chi connectivity index (χ0v) is 4.56. The average Bonchev–Trinajstić information content (AvgIpc) is 1.61. The van der Waals surface area contributed by atoms with E-state index in [1.54, 1.807) is 0 Å². The van der Waals surface area contributed by atoms with Gasteiger partial charge in [-0.25, -0.2) is 0 Å². The lowest BCUT2D eigenvalue weighted by molar-refractivity contribution is 0.190. The molecule has 0 aromatic carbocycles. The third-order valence-corrected chi connectivity index (χ3v) is 0.425. The highest BCUT2D eigenvalue weighted by atomic mass is 16.5. The van der Waals surface area contributed by atoms with Crippen molar-refractivity contribution in [3.05, 3.63) is 6.10 Å². The molecule has 0 aliphatic carbocycles. The summed E-state index contributed by atoms with van der Waals surface area (Å²) >= 11 is 0. The molecule has 0 aliphatic rings. The standard InChI is InChI=1S/C5H8NO/c1-5(2)7-4-3-6/h4H2,1-2H3. The average molecular weight is 98.1 g/mol. The van der Waals surface area contributed by atoms with Gasteiger partial charge in [0.15, 0.2) is 0 Å². The number of rotatable bonds is 2. The Bertz CT molecular complexity index is 72.6. The summed E-state index contributed by atoms with van der Waals surface area (Å²) in [7, 11) is 0. The van der Waals surface area contributed by atoms with Gasteiger partial charge < -0.3 is 4.74 Å². The highest BCUT2D eigenvalue weighted by molar-refractivity contribution is 4.71. The summed E-state index contributed by atoms with van der Waals surface area (Å²) < 4.78 is 4.75. The van der Waals surface area contributed by atoms with Gasteiger partial charge in [0.1, 0.15) is 6.61 Å². The maximum absolute atomic E-state index is 7.93. The monoisotopic (exact) mass is 98.1 g/mol. The van der Waals surface area contributed by atoms with E-state index in [-0.39, 0.29) is 6.61 Å². The Balaban J connectivity index is 2.86. The van der Waals surface area contributed by atoms with Gasteiger partial charge in [-0.15, -0.1) is 0 Å². The van der Waals surface area contributed by atoms with Crippen LogP contribution in [-0.2, 0) is 4.74 Å². The summed E-state index contributed by atoms with van der Waals surface area (Å²) in [6.45, 7) is 3.80. The van der Waals surface area contributed by atoms with E-state index in [9.17, 15) is 0 Å². The van der Waals surface area contributed by atoms with Crippen LogP contribution in [0.4, 0.5) is 0 Å². The molecule has 39 valence electrons. The zero-order valence-electron chi connectivity index (χ0n) is 4.56. The first-order valence-electron chi connectivity index (χ1n) is 2.07. The van der Waals surface area contributed by atoms with Crippen molar-refractivity contribution in [3.8, 4) is 6.07 Å². The van der Waals surface area contributed by atoms with Gasteiger partial charge in [0, 0.05) is 0 Å². The van der Waals surface area contributed by atoms with Crippen LogP contribution in [0.1, 0.15) is 13.8 Å². The summed E-state index contributed by atoms with van der Waals surface area (Å²) in [6, 6.07) is 1.86. The first-order valence-corrected chi connectivity index (χ1v) is 2.07. The zero-order chi connectivity index (χ0) is 5.70. The Labute approximate surface area is 43.7 Å². The Morgan fingerprint density at radius 2 is 2.29 bits per heavy atom. The number of ether oxygens (including phenoxy) is 1. The lowest BCUT2D eigenvalue weighted by atomic mass is 10.5. The molecule has 0 atom stereocenters. The van der Waals surface area contributed by atoms with Crippen molar-refractivity contribution < 1.29 is 4.74 Å². The third kappa shape index (κ3) is 5.45. The van der Waals surface area contributed by atoms with Crippen LogP contribution < -0.4 is 0 Å². The smallest absolute Gasteiger partial charge is 0.134 e. The molecule has 2 heteroatoms. The van der Waals surface area contributed by atoms with Crippen molar-refractivity contribution in [2.45, 2.75) is 13.8 Å². The van der Waals surface area contributed by atoms with Crippen LogP contribution in [0.3, 0.4) is 0 Å². The molecule has 0 aromatic heterocycles. The first kappa shape index (κ1) is 6.45. The van der Waals surface area contributed by atoms with Gasteiger partial charge in [-0.1, -0.05) is 0 Å². The van der Waals surface area contributed by atoms with Gasteiger partial charge in [0.25, 0.3) is 0 Å². The van der Waals surface area contributed by atoms with Crippen molar-refractivity contribution >= 4 is 0 Å². The topological polar surface area (TPSA) is 33.0 Å². The molecule has 0 saturated carbocycles. The quantitative estimate of drug-likeness (QED) is 0.518. The Kier molecular flexibility index (Phi) is 3.35. The fraction of sp³-hybridized carbons (Fsp3) is 0.600. The second-order valence-corrected chi connectivity index (χ2v) is 1.36. The molecule has 0 amide bonds. The van der Waals surface area contributed by atoms with Crippen LogP contribution >= 0.6 is 0 Å². The lowest BCUT2D eigenvalue weighted by Gasteiger charge is -1.97. The molecular formula is C5H8NO. The van der Waals surface area contributed by atoms with Gasteiger partial charge in [-0.05, 0) is 13.8 Å². The molecule has 0 N–H and O–H groups in total. The van der Waals surface area contributed by atoms with Crippen LogP contribution in [0.15, 0.2) is 0 Å². The van der Waals surface area contributed by atoms with Crippen LogP contribution in [0.2, 0.25) is 0 Å². The number of nitriles is 1. The minimum Gasteiger partial charge on any atom is -0.358 e. The van der Waals surface area contributed by atoms with Crippen molar-refractivity contribution in [3.63, 3.8) is 0 Å². The minimum atomic E-state index is 0.169. The van der Waals surface area contributed by atoms with Gasteiger partial charge in [0.05, 0.1) is 12.2 Å². The van der Waals surface area contributed by atoms with Crippen molar-refractivity contribution in [1.29, 1.82) is 5.26 Å². The van der Waals surface area contributed by atoms with Gasteiger partial charge in [-0.3, -0.25) is 0 Å². The van der Waals surface area contributed by atoms with Crippen molar-refractivity contribution in [1.82, 2.24) is 0 Å². The summed E-state index contributed by atoms with van der Waals surface area (Å²) in [4.78, 5) is 0. The molecule has 0 spiro atoms. The second kappa shape index (κ2) is 3.63. The van der Waals surface area contributed by atoms with E-state index in [0.29, 0.717) is 0 Å². The van der Waals surface area contributed by atoms with Gasteiger partial charge >= 0.3 is 0 Å². The molecule has 0 aromatic rings. The minimum absolute atomic E-state index is 0.169. The van der Waals surface area contributed by atoms with Crippen LogP contribution in [0.5, 0.6) is 0 Å². The van der Waals surface area contributed by atoms with Crippen molar-refractivity contribution in [2.75, 3.05) is 6.61 Å². The Morgan fingerprint density at radius 1 is 1.71 bits per heavy atom. The normalized spacial score (nSPS) is 8.86. The number of hydrogen-bond acceptors (Lipinski definition) is 2. The van der Waals surface area contributed by atoms with E-state index in [0.717, 1.165) is 6.10 Å². The molecule has 0 bridgehead atoms. The van der Waals surface area contributed by atoms with E-state index in [2.05, 4.69) is 0 Å². The van der Waals surface area contributed by atoms with E-state index < -0.39 is 0 Å². The van der Waals surface area contributed by atoms with E-state index >= 15 is 0 Å². The first-order chi connectivity index (χ1) is 3.27. The predicted octanol–water partition coefficient (Wildman–Crippen LogP) is 1.10. The highest BCUT2D eigenvalue weighted by Gasteiger charge is 1.88. The maximum atomic E-state index is 7.93. The summed E-state index contributed by atoms with van der Waals surface area (Å²) in [5.74, 6) is 0. The molecule has 0 saturated heterocycles. The van der Waals surface area contributed by atoms with Gasteiger partial charge in [-0.2, -0.15) is 5.26 Å². The van der Waals surface area contributed by atoms with E-state index in [4.69, 9.17) is 10.00 Å². The maximum Gasteiger partial charge on any atom is 0.134 e. The summed E-state index contributed by atoms with van der Waals surface area (Å²) in [5, 5.41) is 7.93. The SMILES string of the molecule is C[C](C)OCC#N.